The fourth-order valence-electron chi connectivity index (χ4n) is 4.36. The number of thiophene rings is 1. The van der Waals surface area contributed by atoms with E-state index in [4.69, 9.17) is 9.40 Å². The van der Waals surface area contributed by atoms with Crippen LogP contribution in [0.5, 0.6) is 0 Å². The summed E-state index contributed by atoms with van der Waals surface area (Å²) in [6.07, 6.45) is 5.34. The van der Waals surface area contributed by atoms with Crippen LogP contribution in [-0.2, 0) is 18.3 Å². The lowest BCUT2D eigenvalue weighted by molar-refractivity contribution is 0.509. The molecule has 0 fully saturated rings. The molecule has 0 radical (unpaired) electrons. The van der Waals surface area contributed by atoms with E-state index in [1.165, 1.54) is 39.8 Å². The van der Waals surface area contributed by atoms with E-state index < -0.39 is 0 Å². The van der Waals surface area contributed by atoms with E-state index >= 15 is 0 Å². The van der Waals surface area contributed by atoms with Crippen LogP contribution in [0.3, 0.4) is 0 Å². The van der Waals surface area contributed by atoms with E-state index in [2.05, 4.69) is 64.1 Å². The predicted molar refractivity (Wildman–Crippen MR) is 130 cm³/mol. The molecule has 2 nitrogen and oxygen atoms in total. The number of benzene rings is 1. The number of nitrogens with zero attached hydrogens (tertiary/aromatic N) is 1. The van der Waals surface area contributed by atoms with Gasteiger partial charge in [0.15, 0.2) is 0 Å². The third-order valence-corrected chi connectivity index (χ3v) is 7.25. The Morgan fingerprint density at radius 3 is 2.53 bits per heavy atom. The molecule has 1 aromatic carbocycles. The summed E-state index contributed by atoms with van der Waals surface area (Å²) in [7, 11) is 0. The lowest BCUT2D eigenvalue weighted by Gasteiger charge is -2.19. The first kappa shape index (κ1) is 21.1. The summed E-state index contributed by atoms with van der Waals surface area (Å²) < 4.78 is 5.84. The van der Waals surface area contributed by atoms with Gasteiger partial charge >= 0.3 is 0 Å². The van der Waals surface area contributed by atoms with Gasteiger partial charge in [0.05, 0.1) is 12.0 Å². The molecule has 156 valence electrons. The summed E-state index contributed by atoms with van der Waals surface area (Å²) in [6.45, 7) is 9.10. The van der Waals surface area contributed by atoms with Gasteiger partial charge in [-0.05, 0) is 59.9 Å². The van der Waals surface area contributed by atoms with Crippen molar-refractivity contribution in [2.24, 2.45) is 5.92 Å². The third kappa shape index (κ3) is 3.70. The molecule has 0 saturated heterocycles. The first-order valence-corrected chi connectivity index (χ1v) is 11.3. The molecule has 0 aliphatic heterocycles. The van der Waals surface area contributed by atoms with Crippen molar-refractivity contribution in [1.29, 1.82) is 0 Å². The van der Waals surface area contributed by atoms with Crippen LogP contribution in [0.1, 0.15) is 50.1 Å². The maximum Gasteiger partial charge on any atom is 0.134 e. The summed E-state index contributed by atoms with van der Waals surface area (Å²) in [5.41, 5.74) is 6.36. The number of hydrogen-bond donors (Lipinski definition) is 0. The topological polar surface area (TPSA) is 26.0 Å². The number of hydrogen-bond acceptors (Lipinski definition) is 3. The van der Waals surface area contributed by atoms with Gasteiger partial charge in [0, 0.05) is 21.4 Å². The van der Waals surface area contributed by atoms with Gasteiger partial charge < -0.3 is 4.42 Å². The molecule has 0 spiro atoms. The lowest BCUT2D eigenvalue weighted by atomic mass is 9.86. The molecule has 3 aromatic heterocycles. The molecule has 0 amide bonds. The first-order chi connectivity index (χ1) is 13.9. The molecule has 0 saturated carbocycles. The molecular weight excluding hydrogens is 410 g/mol. The molecule has 0 N–H and O–H groups in total. The number of halogens is 1. The SMILES string of the molecule is CC1CCc2c(sc3nc(-c4ccc(C(C)(C)C)cc4)cc(-c4ccco4)c23)C1.Cl. The van der Waals surface area contributed by atoms with Crippen molar-refractivity contribution in [3.63, 3.8) is 0 Å². The molecule has 1 aliphatic rings. The zero-order valence-corrected chi connectivity index (χ0v) is 19.6. The maximum atomic E-state index is 5.84. The fraction of sp³-hybridized carbons (Fsp3) is 0.346. The van der Waals surface area contributed by atoms with Crippen molar-refractivity contribution in [1.82, 2.24) is 4.98 Å². The number of rotatable bonds is 2. The largest absolute Gasteiger partial charge is 0.464 e. The molecule has 30 heavy (non-hydrogen) atoms. The number of fused-ring (bicyclic) bond motifs is 3. The Kier molecular flexibility index (Phi) is 5.54. The zero-order chi connectivity index (χ0) is 20.2. The van der Waals surface area contributed by atoms with E-state index in [1.807, 2.05) is 17.4 Å². The molecule has 4 heteroatoms. The maximum absolute atomic E-state index is 5.84. The van der Waals surface area contributed by atoms with Crippen molar-refractivity contribution in [3.05, 3.63) is 64.7 Å². The smallest absolute Gasteiger partial charge is 0.134 e. The second-order valence-corrected chi connectivity index (χ2v) is 10.5. The van der Waals surface area contributed by atoms with Crippen LogP contribution in [0.15, 0.2) is 53.1 Å². The molecule has 0 bridgehead atoms. The summed E-state index contributed by atoms with van der Waals surface area (Å²) in [4.78, 5) is 7.77. The summed E-state index contributed by atoms with van der Waals surface area (Å²) >= 11 is 1.88. The average Bonchev–Trinajstić information content (AvgIpc) is 3.34. The van der Waals surface area contributed by atoms with E-state index in [1.54, 1.807) is 6.26 Å². The molecule has 1 aliphatic carbocycles. The minimum Gasteiger partial charge on any atom is -0.464 e. The number of aryl methyl sites for hydroxylation is 1. The standard InChI is InChI=1S/C26H27NOS.ClH/c1-16-7-12-19-23(14-16)29-25-24(19)20(22-6-5-13-28-22)15-21(27-25)17-8-10-18(11-9-17)26(2,3)4;/h5-6,8-11,13,15-16H,7,12,14H2,1-4H3;1H. The number of aromatic nitrogens is 1. The van der Waals surface area contributed by atoms with Gasteiger partial charge in [0.1, 0.15) is 10.6 Å². The number of pyridine rings is 1. The van der Waals surface area contributed by atoms with Crippen LogP contribution in [-0.4, -0.2) is 4.98 Å². The van der Waals surface area contributed by atoms with Gasteiger partial charge in [-0.15, -0.1) is 23.7 Å². The van der Waals surface area contributed by atoms with Crippen LogP contribution >= 0.6 is 23.7 Å². The lowest BCUT2D eigenvalue weighted by Crippen LogP contribution is -2.10. The Bertz CT molecular complexity index is 1170. The zero-order valence-electron chi connectivity index (χ0n) is 18.0. The van der Waals surface area contributed by atoms with Crippen molar-refractivity contribution < 1.29 is 4.42 Å². The third-order valence-electron chi connectivity index (χ3n) is 6.10. The monoisotopic (exact) mass is 437 g/mol. The van der Waals surface area contributed by atoms with Gasteiger partial charge in [0.25, 0.3) is 0 Å². The van der Waals surface area contributed by atoms with Gasteiger partial charge in [-0.2, -0.15) is 0 Å². The Morgan fingerprint density at radius 1 is 1.10 bits per heavy atom. The minimum atomic E-state index is 0. The van der Waals surface area contributed by atoms with Crippen LogP contribution in [0, 0.1) is 5.92 Å². The van der Waals surface area contributed by atoms with E-state index in [-0.39, 0.29) is 17.8 Å². The second-order valence-electron chi connectivity index (χ2n) is 9.39. The quantitative estimate of drug-likeness (QED) is 0.317. The van der Waals surface area contributed by atoms with Crippen molar-refractivity contribution in [2.45, 2.75) is 52.4 Å². The molecule has 4 aromatic rings. The fourth-order valence-corrected chi connectivity index (χ4v) is 5.77. The average molecular weight is 438 g/mol. The molecular formula is C26H28ClNOS. The van der Waals surface area contributed by atoms with Crippen molar-refractivity contribution in [3.8, 4) is 22.6 Å². The van der Waals surface area contributed by atoms with Crippen LogP contribution in [0.4, 0.5) is 0 Å². The highest BCUT2D eigenvalue weighted by Crippen LogP contribution is 2.43. The molecule has 5 rings (SSSR count). The Hall–Kier alpha value is -2.10. The second kappa shape index (κ2) is 7.86. The minimum absolute atomic E-state index is 0. The highest BCUT2D eigenvalue weighted by Gasteiger charge is 2.24. The summed E-state index contributed by atoms with van der Waals surface area (Å²) in [5.74, 6) is 1.69. The summed E-state index contributed by atoms with van der Waals surface area (Å²) in [5, 5.41) is 1.31. The first-order valence-electron chi connectivity index (χ1n) is 10.5. The van der Waals surface area contributed by atoms with Gasteiger partial charge in [-0.3, -0.25) is 0 Å². The Balaban J connectivity index is 0.00000218. The van der Waals surface area contributed by atoms with E-state index in [9.17, 15) is 0 Å². The molecule has 1 unspecified atom stereocenters. The van der Waals surface area contributed by atoms with Crippen molar-refractivity contribution >= 4 is 34.0 Å². The highest BCUT2D eigenvalue weighted by atomic mass is 35.5. The normalized spacial score (nSPS) is 16.3. The van der Waals surface area contributed by atoms with Gasteiger partial charge in [0.2, 0.25) is 0 Å². The predicted octanol–water partition coefficient (Wildman–Crippen LogP) is 8.07. The summed E-state index contributed by atoms with van der Waals surface area (Å²) in [6, 6.07) is 15.1. The van der Waals surface area contributed by atoms with Crippen LogP contribution in [0.2, 0.25) is 0 Å². The Morgan fingerprint density at radius 2 is 1.87 bits per heavy atom. The van der Waals surface area contributed by atoms with Crippen LogP contribution < -0.4 is 0 Å². The Labute approximate surface area is 188 Å². The van der Waals surface area contributed by atoms with Crippen molar-refractivity contribution in [2.75, 3.05) is 0 Å². The van der Waals surface area contributed by atoms with Gasteiger partial charge in [-0.1, -0.05) is 52.0 Å². The molecule has 1 atom stereocenters. The number of furan rings is 1. The van der Waals surface area contributed by atoms with E-state index in [0.717, 1.165) is 34.2 Å². The van der Waals surface area contributed by atoms with Gasteiger partial charge in [-0.25, -0.2) is 4.98 Å². The highest BCUT2D eigenvalue weighted by molar-refractivity contribution is 7.19. The molecule has 3 heterocycles. The van der Waals surface area contributed by atoms with E-state index in [0.29, 0.717) is 0 Å². The van der Waals surface area contributed by atoms with Crippen LogP contribution in [0.25, 0.3) is 32.8 Å².